The lowest BCUT2D eigenvalue weighted by Crippen LogP contribution is -2.54. The normalized spacial score (nSPS) is 14.2. The maximum Gasteiger partial charge on any atom is 0.408 e. The van der Waals surface area contributed by atoms with Gasteiger partial charge in [0, 0.05) is 17.9 Å². The van der Waals surface area contributed by atoms with Gasteiger partial charge in [-0.3, -0.25) is 0 Å². The summed E-state index contributed by atoms with van der Waals surface area (Å²) in [6.45, 7) is 1.17. The molecule has 0 fully saturated rings. The first kappa shape index (κ1) is 21.5. The van der Waals surface area contributed by atoms with Gasteiger partial charge in [-0.15, -0.1) is 0 Å². The number of benzene rings is 3. The van der Waals surface area contributed by atoms with E-state index in [9.17, 15) is 23.5 Å². The lowest BCUT2D eigenvalue weighted by Gasteiger charge is -2.26. The van der Waals surface area contributed by atoms with Crippen molar-refractivity contribution in [2.45, 2.75) is 24.8 Å². The van der Waals surface area contributed by atoms with Crippen molar-refractivity contribution in [1.29, 1.82) is 0 Å². The van der Waals surface area contributed by atoms with Gasteiger partial charge in [-0.05, 0) is 41.3 Å². The fourth-order valence-corrected chi connectivity index (χ4v) is 4.09. The van der Waals surface area contributed by atoms with Gasteiger partial charge in [0.25, 0.3) is 0 Å². The van der Waals surface area contributed by atoms with Crippen molar-refractivity contribution >= 4 is 12.1 Å². The highest BCUT2D eigenvalue weighted by molar-refractivity contribution is 5.84. The van der Waals surface area contributed by atoms with Gasteiger partial charge in [0.1, 0.15) is 23.8 Å². The van der Waals surface area contributed by atoms with Gasteiger partial charge in [-0.25, -0.2) is 18.4 Å². The molecule has 5 nitrogen and oxygen atoms in total. The number of halogens is 2. The van der Waals surface area contributed by atoms with E-state index < -0.39 is 41.2 Å². The molecule has 1 aliphatic rings. The number of carboxylic acid groups (broad SMARTS) is 1. The van der Waals surface area contributed by atoms with Crippen LogP contribution in [0.5, 0.6) is 0 Å². The summed E-state index contributed by atoms with van der Waals surface area (Å²) in [7, 11) is 0. The number of ether oxygens (including phenoxy) is 1. The lowest BCUT2D eigenvalue weighted by molar-refractivity contribution is -0.143. The third kappa shape index (κ3) is 3.93. The third-order valence-corrected chi connectivity index (χ3v) is 5.79. The van der Waals surface area contributed by atoms with Crippen molar-refractivity contribution in [3.05, 3.63) is 95.1 Å². The van der Waals surface area contributed by atoms with Crippen LogP contribution in [-0.4, -0.2) is 29.3 Å². The SMILES string of the molecule is CC(Cc1c(F)cccc1F)(NC(=O)OCC1c2ccccc2-c2ccccc21)C(=O)O. The minimum atomic E-state index is -1.97. The molecule has 2 N–H and O–H groups in total. The second-order valence-corrected chi connectivity index (χ2v) is 7.96. The van der Waals surface area contributed by atoms with Gasteiger partial charge < -0.3 is 15.2 Å². The first-order chi connectivity index (χ1) is 15.3. The Hall–Kier alpha value is -3.74. The molecule has 4 rings (SSSR count). The molecular formula is C25H21F2NO4. The van der Waals surface area contributed by atoms with E-state index in [1.54, 1.807) is 0 Å². The standard InChI is InChI=1S/C25H21F2NO4/c1-25(23(29)30,13-19-21(26)11-6-12-22(19)27)28-24(31)32-14-20-17-9-4-2-7-15(17)16-8-3-5-10-18(16)20/h2-12,20H,13-14H2,1H3,(H,28,31)(H,29,30). The molecule has 1 aliphatic carbocycles. The molecule has 3 aromatic rings. The number of carbonyl (C=O) groups excluding carboxylic acids is 1. The van der Waals surface area contributed by atoms with Gasteiger partial charge in [0.2, 0.25) is 0 Å². The van der Waals surface area contributed by atoms with Crippen molar-refractivity contribution in [2.24, 2.45) is 0 Å². The zero-order valence-corrected chi connectivity index (χ0v) is 17.3. The quantitative estimate of drug-likeness (QED) is 0.576. The first-order valence-corrected chi connectivity index (χ1v) is 10.1. The molecule has 0 bridgehead atoms. The number of aliphatic carboxylic acids is 1. The van der Waals surface area contributed by atoms with Gasteiger partial charge in [-0.2, -0.15) is 0 Å². The zero-order chi connectivity index (χ0) is 22.9. The number of hydrogen-bond donors (Lipinski definition) is 2. The molecule has 1 unspecified atom stereocenters. The summed E-state index contributed by atoms with van der Waals surface area (Å²) in [4.78, 5) is 24.4. The fourth-order valence-electron chi connectivity index (χ4n) is 4.09. The number of carboxylic acids is 1. The third-order valence-electron chi connectivity index (χ3n) is 5.79. The molecule has 164 valence electrons. The van der Waals surface area contributed by atoms with E-state index in [0.29, 0.717) is 0 Å². The highest BCUT2D eigenvalue weighted by Crippen LogP contribution is 2.44. The molecular weight excluding hydrogens is 416 g/mol. The predicted octanol–water partition coefficient (Wildman–Crippen LogP) is 4.89. The summed E-state index contributed by atoms with van der Waals surface area (Å²) in [6.07, 6.45) is -1.56. The zero-order valence-electron chi connectivity index (χ0n) is 17.3. The smallest absolute Gasteiger partial charge is 0.408 e. The summed E-state index contributed by atoms with van der Waals surface area (Å²) in [5.74, 6) is -3.40. The Balaban J connectivity index is 1.50. The molecule has 0 saturated carbocycles. The van der Waals surface area contributed by atoms with Crippen LogP contribution < -0.4 is 5.32 Å². The molecule has 3 aromatic carbocycles. The Bertz CT molecular complexity index is 1130. The van der Waals surface area contributed by atoms with Crippen molar-refractivity contribution in [3.8, 4) is 11.1 Å². The van der Waals surface area contributed by atoms with Crippen molar-refractivity contribution in [1.82, 2.24) is 5.32 Å². The van der Waals surface area contributed by atoms with Crippen LogP contribution in [-0.2, 0) is 16.0 Å². The van der Waals surface area contributed by atoms with E-state index in [-0.39, 0.29) is 12.5 Å². The number of amides is 1. The number of hydrogen-bond acceptors (Lipinski definition) is 3. The molecule has 0 aromatic heterocycles. The predicted molar refractivity (Wildman–Crippen MR) is 114 cm³/mol. The summed E-state index contributed by atoms with van der Waals surface area (Å²) < 4.78 is 33.5. The molecule has 32 heavy (non-hydrogen) atoms. The lowest BCUT2D eigenvalue weighted by atomic mass is 9.92. The van der Waals surface area contributed by atoms with Gasteiger partial charge in [-0.1, -0.05) is 54.6 Å². The minimum absolute atomic E-state index is 0.0103. The van der Waals surface area contributed by atoms with E-state index in [4.69, 9.17) is 4.74 Å². The summed E-state index contributed by atoms with van der Waals surface area (Å²) in [5, 5.41) is 11.9. The molecule has 1 atom stereocenters. The summed E-state index contributed by atoms with van der Waals surface area (Å²) >= 11 is 0. The van der Waals surface area contributed by atoms with Crippen molar-refractivity contribution < 1.29 is 28.2 Å². The molecule has 0 aliphatic heterocycles. The van der Waals surface area contributed by atoms with E-state index >= 15 is 0 Å². The average Bonchev–Trinajstić information content (AvgIpc) is 3.09. The second-order valence-electron chi connectivity index (χ2n) is 7.96. The van der Waals surface area contributed by atoms with E-state index in [1.807, 2.05) is 48.5 Å². The monoisotopic (exact) mass is 437 g/mol. The Morgan fingerprint density at radius 1 is 0.938 bits per heavy atom. The average molecular weight is 437 g/mol. The van der Waals surface area contributed by atoms with E-state index in [0.717, 1.165) is 34.4 Å². The highest BCUT2D eigenvalue weighted by atomic mass is 19.1. The Labute approximate surface area is 183 Å². The molecule has 7 heteroatoms. The van der Waals surface area contributed by atoms with Gasteiger partial charge >= 0.3 is 12.1 Å². The number of rotatable bonds is 6. The van der Waals surface area contributed by atoms with Crippen LogP contribution in [0.15, 0.2) is 66.7 Å². The van der Waals surface area contributed by atoms with Crippen LogP contribution in [0, 0.1) is 11.6 Å². The molecule has 0 heterocycles. The van der Waals surface area contributed by atoms with Crippen LogP contribution in [0.1, 0.15) is 29.5 Å². The van der Waals surface area contributed by atoms with E-state index in [1.165, 1.54) is 13.0 Å². The highest BCUT2D eigenvalue weighted by Gasteiger charge is 2.38. The number of alkyl carbamates (subject to hydrolysis) is 1. The summed E-state index contributed by atoms with van der Waals surface area (Å²) in [5.41, 5.74) is 1.75. The van der Waals surface area contributed by atoms with E-state index in [2.05, 4.69) is 5.32 Å². The minimum Gasteiger partial charge on any atom is -0.480 e. The van der Waals surface area contributed by atoms with Gasteiger partial charge in [0.05, 0.1) is 0 Å². The Morgan fingerprint density at radius 3 is 2.00 bits per heavy atom. The number of carbonyl (C=O) groups is 2. The maximum absolute atomic E-state index is 14.0. The van der Waals surface area contributed by atoms with Crippen LogP contribution in [0.3, 0.4) is 0 Å². The van der Waals surface area contributed by atoms with Crippen molar-refractivity contribution in [3.63, 3.8) is 0 Å². The summed E-state index contributed by atoms with van der Waals surface area (Å²) in [6, 6.07) is 18.9. The Kier molecular flexibility index (Phi) is 5.65. The second kappa shape index (κ2) is 8.42. The first-order valence-electron chi connectivity index (χ1n) is 10.1. The molecule has 1 amide bonds. The van der Waals surface area contributed by atoms with Crippen LogP contribution in [0.25, 0.3) is 11.1 Å². The van der Waals surface area contributed by atoms with Gasteiger partial charge in [0.15, 0.2) is 0 Å². The van der Waals surface area contributed by atoms with Crippen LogP contribution >= 0.6 is 0 Å². The number of fused-ring (bicyclic) bond motifs is 3. The fraction of sp³-hybridized carbons (Fsp3) is 0.200. The molecule has 0 spiro atoms. The number of nitrogens with one attached hydrogen (secondary N) is 1. The van der Waals surface area contributed by atoms with Crippen LogP contribution in [0.2, 0.25) is 0 Å². The Morgan fingerprint density at radius 2 is 1.47 bits per heavy atom. The van der Waals surface area contributed by atoms with Crippen LogP contribution in [0.4, 0.5) is 13.6 Å². The topological polar surface area (TPSA) is 75.6 Å². The largest absolute Gasteiger partial charge is 0.480 e. The maximum atomic E-state index is 14.0. The molecule has 0 saturated heterocycles. The van der Waals surface area contributed by atoms with Crippen molar-refractivity contribution in [2.75, 3.05) is 6.61 Å². The molecule has 0 radical (unpaired) electrons.